The Balaban J connectivity index is 1.52. The van der Waals surface area contributed by atoms with Crippen molar-refractivity contribution in [3.8, 4) is 0 Å². The number of furan rings is 1. The Bertz CT molecular complexity index is 1310. The summed E-state index contributed by atoms with van der Waals surface area (Å²) in [5, 5.41) is 11.5. The topological polar surface area (TPSA) is 93.3 Å². The molecular formula is C27H29N5O3. The number of hydrogen-bond acceptors (Lipinski definition) is 5. The van der Waals surface area contributed by atoms with E-state index in [1.807, 2.05) is 67.6 Å². The predicted octanol–water partition coefficient (Wildman–Crippen LogP) is 4.56. The first-order valence-corrected chi connectivity index (χ1v) is 12.1. The molecule has 4 aromatic rings. The molecule has 8 heteroatoms. The molecule has 0 spiro atoms. The van der Waals surface area contributed by atoms with Crippen molar-refractivity contribution in [3.05, 3.63) is 78.3 Å². The highest BCUT2D eigenvalue weighted by molar-refractivity contribution is 6.01. The van der Waals surface area contributed by atoms with Crippen molar-refractivity contribution in [2.75, 3.05) is 4.90 Å². The van der Waals surface area contributed by atoms with Crippen molar-refractivity contribution in [1.82, 2.24) is 20.3 Å². The van der Waals surface area contributed by atoms with E-state index < -0.39 is 6.04 Å². The average molecular weight is 472 g/mol. The third-order valence-electron chi connectivity index (χ3n) is 6.50. The molecule has 35 heavy (non-hydrogen) atoms. The molecule has 1 aliphatic carbocycles. The Hall–Kier alpha value is -3.94. The molecule has 0 aliphatic heterocycles. The Labute approximate surface area is 203 Å². The summed E-state index contributed by atoms with van der Waals surface area (Å²) in [5.41, 5.74) is 2.07. The van der Waals surface area contributed by atoms with Crippen LogP contribution in [-0.2, 0) is 16.1 Å². The van der Waals surface area contributed by atoms with E-state index in [1.165, 1.54) is 11.3 Å². The zero-order chi connectivity index (χ0) is 24.2. The number of amides is 2. The number of carbonyl (C=O) groups is 2. The van der Waals surface area contributed by atoms with Crippen molar-refractivity contribution >= 4 is 28.5 Å². The van der Waals surface area contributed by atoms with Gasteiger partial charge in [-0.25, -0.2) is 4.68 Å². The first kappa shape index (κ1) is 22.8. The molecule has 1 aliphatic rings. The second-order valence-electron chi connectivity index (χ2n) is 9.03. The molecule has 1 atom stereocenters. The molecule has 180 valence electrons. The number of hydrogen-bond donors (Lipinski definition) is 1. The minimum Gasteiger partial charge on any atom is -0.464 e. The standard InChI is InChI=1S/C27H29N5O3/c1-19-16-17-24(35-19)26(27(34)28-20-10-4-2-5-11-20)32(21-12-6-3-7-13-21)25(33)18-31-23-15-9-8-14-22(23)29-30-31/h3,6-9,12-17,20,26H,2,4-5,10-11,18H2,1H3,(H,28,34)/t26-/m0/s1. The highest BCUT2D eigenvalue weighted by atomic mass is 16.3. The van der Waals surface area contributed by atoms with Crippen LogP contribution in [-0.4, -0.2) is 32.9 Å². The van der Waals surface area contributed by atoms with E-state index in [0.29, 0.717) is 22.7 Å². The summed E-state index contributed by atoms with van der Waals surface area (Å²) in [6, 6.07) is 19.5. The summed E-state index contributed by atoms with van der Waals surface area (Å²) in [4.78, 5) is 29.2. The van der Waals surface area contributed by atoms with Gasteiger partial charge in [-0.2, -0.15) is 0 Å². The molecule has 0 saturated heterocycles. The average Bonchev–Trinajstić information content (AvgIpc) is 3.49. The minimum absolute atomic E-state index is 0.0672. The van der Waals surface area contributed by atoms with Crippen LogP contribution in [0.4, 0.5) is 5.69 Å². The maximum Gasteiger partial charge on any atom is 0.251 e. The SMILES string of the molecule is Cc1ccc([C@@H](C(=O)NC2CCCCC2)N(C(=O)Cn2nnc3ccccc32)c2ccccc2)o1. The van der Waals surface area contributed by atoms with Crippen molar-refractivity contribution in [3.63, 3.8) is 0 Å². The van der Waals surface area contributed by atoms with E-state index in [2.05, 4.69) is 15.6 Å². The van der Waals surface area contributed by atoms with Crippen LogP contribution >= 0.6 is 0 Å². The van der Waals surface area contributed by atoms with E-state index in [0.717, 1.165) is 31.2 Å². The van der Waals surface area contributed by atoms with Gasteiger partial charge in [0.1, 0.15) is 23.6 Å². The monoisotopic (exact) mass is 471 g/mol. The zero-order valence-corrected chi connectivity index (χ0v) is 19.8. The lowest BCUT2D eigenvalue weighted by Gasteiger charge is -2.32. The Morgan fingerprint density at radius 3 is 2.51 bits per heavy atom. The Morgan fingerprint density at radius 1 is 1.03 bits per heavy atom. The van der Waals surface area contributed by atoms with Crippen LogP contribution in [0.25, 0.3) is 11.0 Å². The predicted molar refractivity (Wildman–Crippen MR) is 133 cm³/mol. The van der Waals surface area contributed by atoms with Crippen LogP contribution in [0.5, 0.6) is 0 Å². The quantitative estimate of drug-likeness (QED) is 0.427. The number of nitrogens with zero attached hydrogens (tertiary/aromatic N) is 4. The molecule has 2 amide bonds. The molecule has 8 nitrogen and oxygen atoms in total. The smallest absolute Gasteiger partial charge is 0.251 e. The third-order valence-corrected chi connectivity index (χ3v) is 6.50. The van der Waals surface area contributed by atoms with Gasteiger partial charge in [0.15, 0.2) is 6.04 Å². The van der Waals surface area contributed by atoms with Gasteiger partial charge >= 0.3 is 0 Å². The van der Waals surface area contributed by atoms with Crippen molar-refractivity contribution in [1.29, 1.82) is 0 Å². The van der Waals surface area contributed by atoms with Crippen LogP contribution < -0.4 is 10.2 Å². The van der Waals surface area contributed by atoms with Crippen LogP contribution in [0.15, 0.2) is 71.1 Å². The maximum atomic E-state index is 13.9. The summed E-state index contributed by atoms with van der Waals surface area (Å²) in [5.74, 6) is 0.575. The first-order valence-electron chi connectivity index (χ1n) is 12.1. The molecule has 2 heterocycles. The number of carbonyl (C=O) groups excluding carboxylic acids is 2. The number of nitrogens with one attached hydrogen (secondary N) is 1. The maximum absolute atomic E-state index is 13.9. The summed E-state index contributed by atoms with van der Waals surface area (Å²) >= 11 is 0. The van der Waals surface area contributed by atoms with Gasteiger partial charge in [-0.05, 0) is 56.2 Å². The van der Waals surface area contributed by atoms with Crippen molar-refractivity contribution < 1.29 is 14.0 Å². The molecule has 1 saturated carbocycles. The van der Waals surface area contributed by atoms with Gasteiger partial charge in [-0.1, -0.05) is 54.8 Å². The van der Waals surface area contributed by atoms with Crippen LogP contribution in [0.2, 0.25) is 0 Å². The van der Waals surface area contributed by atoms with E-state index in [9.17, 15) is 9.59 Å². The number of benzene rings is 2. The van der Waals surface area contributed by atoms with Crippen molar-refractivity contribution in [2.24, 2.45) is 0 Å². The van der Waals surface area contributed by atoms with E-state index in [-0.39, 0.29) is 24.4 Å². The van der Waals surface area contributed by atoms with Gasteiger partial charge in [0.05, 0.1) is 5.52 Å². The summed E-state index contributed by atoms with van der Waals surface area (Å²) in [7, 11) is 0. The Kier molecular flexibility index (Phi) is 6.61. The highest BCUT2D eigenvalue weighted by Gasteiger charge is 2.36. The van der Waals surface area contributed by atoms with Gasteiger partial charge in [-0.3, -0.25) is 14.5 Å². The number of para-hydroxylation sites is 2. The second kappa shape index (κ2) is 10.1. The van der Waals surface area contributed by atoms with E-state index >= 15 is 0 Å². The number of aromatic nitrogens is 3. The fourth-order valence-corrected chi connectivity index (χ4v) is 4.77. The Morgan fingerprint density at radius 2 is 1.77 bits per heavy atom. The minimum atomic E-state index is -0.949. The lowest BCUT2D eigenvalue weighted by atomic mass is 9.95. The van der Waals surface area contributed by atoms with Gasteiger partial charge in [0, 0.05) is 11.7 Å². The van der Waals surface area contributed by atoms with Gasteiger partial charge in [0.2, 0.25) is 5.91 Å². The zero-order valence-electron chi connectivity index (χ0n) is 19.8. The third kappa shape index (κ3) is 4.96. The van der Waals surface area contributed by atoms with E-state index in [1.54, 1.807) is 10.7 Å². The second-order valence-corrected chi connectivity index (χ2v) is 9.03. The fourth-order valence-electron chi connectivity index (χ4n) is 4.77. The number of fused-ring (bicyclic) bond motifs is 1. The number of aryl methyl sites for hydroxylation is 1. The van der Waals surface area contributed by atoms with Gasteiger partial charge in [0.25, 0.3) is 5.91 Å². The number of anilines is 1. The molecule has 0 bridgehead atoms. The molecule has 0 radical (unpaired) electrons. The van der Waals surface area contributed by atoms with Crippen LogP contribution in [0.1, 0.15) is 49.7 Å². The highest BCUT2D eigenvalue weighted by Crippen LogP contribution is 2.30. The fraction of sp³-hybridized carbons (Fsp3) is 0.333. The van der Waals surface area contributed by atoms with E-state index in [4.69, 9.17) is 4.42 Å². The largest absolute Gasteiger partial charge is 0.464 e. The summed E-state index contributed by atoms with van der Waals surface area (Å²) in [6.07, 6.45) is 5.26. The molecule has 2 aromatic carbocycles. The molecule has 1 N–H and O–H groups in total. The lowest BCUT2D eigenvalue weighted by molar-refractivity contribution is -0.128. The normalized spacial score (nSPS) is 15.1. The van der Waals surface area contributed by atoms with Crippen molar-refractivity contribution in [2.45, 2.75) is 57.7 Å². The lowest BCUT2D eigenvalue weighted by Crippen LogP contribution is -2.48. The summed E-state index contributed by atoms with van der Waals surface area (Å²) < 4.78 is 7.49. The molecular weight excluding hydrogens is 442 g/mol. The van der Waals surface area contributed by atoms with Gasteiger partial charge < -0.3 is 9.73 Å². The molecule has 2 aromatic heterocycles. The number of rotatable bonds is 7. The van der Waals surface area contributed by atoms with Crippen LogP contribution in [0, 0.1) is 6.92 Å². The molecule has 5 rings (SSSR count). The van der Waals surface area contributed by atoms with Crippen LogP contribution in [0.3, 0.4) is 0 Å². The molecule has 0 unspecified atom stereocenters. The van der Waals surface area contributed by atoms with Gasteiger partial charge in [-0.15, -0.1) is 5.10 Å². The molecule has 1 fully saturated rings. The summed E-state index contributed by atoms with van der Waals surface area (Å²) in [6.45, 7) is 1.76. The first-order chi connectivity index (χ1) is 17.1.